The number of aromatic amines is 1. The molecule has 0 aliphatic heterocycles. The van der Waals surface area contributed by atoms with E-state index in [1.165, 1.54) is 4.57 Å². The third kappa shape index (κ3) is 3.71. The van der Waals surface area contributed by atoms with Gasteiger partial charge < -0.3 is 9.40 Å². The predicted octanol–water partition coefficient (Wildman–Crippen LogP) is 2.96. The van der Waals surface area contributed by atoms with Gasteiger partial charge in [0.1, 0.15) is 5.76 Å². The number of furan rings is 1. The second-order valence-electron chi connectivity index (χ2n) is 6.01. The Bertz CT molecular complexity index is 953. The van der Waals surface area contributed by atoms with Crippen LogP contribution in [0.2, 0.25) is 5.28 Å². The topological polar surface area (TPSA) is 85.8 Å². The molecule has 0 radical (unpaired) electrons. The molecule has 0 aliphatic rings. The first kappa shape index (κ1) is 17.5. The van der Waals surface area contributed by atoms with Crippen LogP contribution in [0.5, 0.6) is 0 Å². The lowest BCUT2D eigenvalue weighted by Crippen LogP contribution is -2.40. The molecule has 25 heavy (non-hydrogen) atoms. The summed E-state index contributed by atoms with van der Waals surface area (Å²) >= 11 is 5.92. The van der Waals surface area contributed by atoms with Crippen molar-refractivity contribution in [2.75, 3.05) is 0 Å². The second kappa shape index (κ2) is 7.74. The van der Waals surface area contributed by atoms with Gasteiger partial charge >= 0.3 is 5.69 Å². The van der Waals surface area contributed by atoms with Crippen molar-refractivity contribution in [3.05, 3.63) is 50.3 Å². The smallest absolute Gasteiger partial charge is 0.332 e. The first-order chi connectivity index (χ1) is 12.1. The number of aryl methyl sites for hydroxylation is 2. The molecule has 8 heteroatoms. The predicted molar refractivity (Wildman–Crippen MR) is 96.2 cm³/mol. The summed E-state index contributed by atoms with van der Waals surface area (Å²) in [6.07, 6.45) is 5.80. The Kier molecular flexibility index (Phi) is 5.43. The minimum absolute atomic E-state index is 0.115. The SMILES string of the molecule is CCCCCn1c(=O)n(CCCc2ccco2)c(=O)c2[nH]c(Cl)nc21. The highest BCUT2D eigenvalue weighted by atomic mass is 35.5. The Morgan fingerprint density at radius 3 is 2.72 bits per heavy atom. The number of rotatable bonds is 8. The quantitative estimate of drug-likeness (QED) is 0.492. The molecule has 0 amide bonds. The van der Waals surface area contributed by atoms with Gasteiger partial charge in [-0.3, -0.25) is 13.9 Å². The zero-order valence-corrected chi connectivity index (χ0v) is 14.9. The van der Waals surface area contributed by atoms with Crippen molar-refractivity contribution in [3.8, 4) is 0 Å². The number of unbranched alkanes of at least 4 members (excludes halogenated alkanes) is 2. The van der Waals surface area contributed by atoms with Crippen LogP contribution in [0, 0.1) is 0 Å². The number of hydrogen-bond donors (Lipinski definition) is 1. The van der Waals surface area contributed by atoms with Crippen LogP contribution in [0.1, 0.15) is 38.4 Å². The molecule has 3 aromatic rings. The van der Waals surface area contributed by atoms with Crippen LogP contribution in [0.25, 0.3) is 11.2 Å². The number of aromatic nitrogens is 4. The van der Waals surface area contributed by atoms with Crippen molar-refractivity contribution in [2.24, 2.45) is 0 Å². The van der Waals surface area contributed by atoms with Gasteiger partial charge in [-0.25, -0.2) is 4.79 Å². The van der Waals surface area contributed by atoms with E-state index in [0.717, 1.165) is 25.0 Å². The van der Waals surface area contributed by atoms with Gasteiger partial charge in [-0.15, -0.1) is 0 Å². The highest BCUT2D eigenvalue weighted by molar-refractivity contribution is 6.28. The maximum absolute atomic E-state index is 12.8. The Balaban J connectivity index is 1.93. The molecule has 0 saturated heterocycles. The highest BCUT2D eigenvalue weighted by Gasteiger charge is 2.16. The molecule has 134 valence electrons. The molecule has 0 unspecified atom stereocenters. The molecule has 0 fully saturated rings. The minimum Gasteiger partial charge on any atom is -0.469 e. The van der Waals surface area contributed by atoms with E-state index in [0.29, 0.717) is 31.6 Å². The Labute approximate surface area is 149 Å². The van der Waals surface area contributed by atoms with Gasteiger partial charge in [0.25, 0.3) is 5.56 Å². The Morgan fingerprint density at radius 1 is 1.20 bits per heavy atom. The third-order valence-electron chi connectivity index (χ3n) is 4.20. The lowest BCUT2D eigenvalue weighted by Gasteiger charge is -2.11. The average molecular weight is 365 g/mol. The number of imidazole rings is 1. The molecular formula is C17H21ClN4O3. The third-order valence-corrected chi connectivity index (χ3v) is 4.38. The molecular weight excluding hydrogens is 344 g/mol. The second-order valence-corrected chi connectivity index (χ2v) is 6.37. The van der Waals surface area contributed by atoms with E-state index in [2.05, 4.69) is 16.9 Å². The number of H-pyrrole nitrogens is 1. The van der Waals surface area contributed by atoms with Crippen molar-refractivity contribution in [2.45, 2.75) is 52.1 Å². The molecule has 1 N–H and O–H groups in total. The maximum atomic E-state index is 12.8. The van der Waals surface area contributed by atoms with Crippen molar-refractivity contribution in [1.29, 1.82) is 0 Å². The first-order valence-corrected chi connectivity index (χ1v) is 8.91. The summed E-state index contributed by atoms with van der Waals surface area (Å²) in [5.74, 6) is 0.835. The molecule has 0 atom stereocenters. The average Bonchev–Trinajstić information content (AvgIpc) is 3.23. The summed E-state index contributed by atoms with van der Waals surface area (Å²) in [4.78, 5) is 32.3. The zero-order chi connectivity index (χ0) is 17.8. The van der Waals surface area contributed by atoms with E-state index in [9.17, 15) is 9.59 Å². The van der Waals surface area contributed by atoms with Gasteiger partial charge in [0, 0.05) is 19.5 Å². The summed E-state index contributed by atoms with van der Waals surface area (Å²) in [6, 6.07) is 3.70. The molecule has 3 rings (SSSR count). The van der Waals surface area contributed by atoms with Crippen molar-refractivity contribution in [1.82, 2.24) is 19.1 Å². The molecule has 3 aromatic heterocycles. The molecule has 3 heterocycles. The van der Waals surface area contributed by atoms with Gasteiger partial charge in [-0.2, -0.15) is 4.98 Å². The summed E-state index contributed by atoms with van der Waals surface area (Å²) in [5, 5.41) is 0.115. The number of fused-ring (bicyclic) bond motifs is 1. The normalized spacial score (nSPS) is 11.4. The van der Waals surface area contributed by atoms with E-state index >= 15 is 0 Å². The molecule has 0 spiro atoms. The molecule has 0 aliphatic carbocycles. The van der Waals surface area contributed by atoms with E-state index in [1.54, 1.807) is 10.8 Å². The number of hydrogen-bond acceptors (Lipinski definition) is 4. The fourth-order valence-electron chi connectivity index (χ4n) is 2.92. The van der Waals surface area contributed by atoms with Crippen LogP contribution in [0.3, 0.4) is 0 Å². The Hall–Kier alpha value is -2.28. The number of nitrogens with zero attached hydrogens (tertiary/aromatic N) is 3. The minimum atomic E-state index is -0.384. The summed E-state index contributed by atoms with van der Waals surface area (Å²) in [7, 11) is 0. The number of halogens is 1. The highest BCUT2D eigenvalue weighted by Crippen LogP contribution is 2.11. The van der Waals surface area contributed by atoms with Gasteiger partial charge in [-0.05, 0) is 36.6 Å². The maximum Gasteiger partial charge on any atom is 0.332 e. The van der Waals surface area contributed by atoms with Gasteiger partial charge in [0.05, 0.1) is 6.26 Å². The monoisotopic (exact) mass is 364 g/mol. The van der Waals surface area contributed by atoms with Crippen molar-refractivity contribution in [3.63, 3.8) is 0 Å². The number of nitrogens with one attached hydrogen (secondary N) is 1. The molecule has 7 nitrogen and oxygen atoms in total. The van der Waals surface area contributed by atoms with Crippen LogP contribution in [-0.4, -0.2) is 19.1 Å². The lowest BCUT2D eigenvalue weighted by molar-refractivity contribution is 0.477. The van der Waals surface area contributed by atoms with Crippen LogP contribution in [0.4, 0.5) is 0 Å². The largest absolute Gasteiger partial charge is 0.469 e. The van der Waals surface area contributed by atoms with Crippen LogP contribution >= 0.6 is 11.6 Å². The Morgan fingerprint density at radius 2 is 2.00 bits per heavy atom. The molecule has 0 aromatic carbocycles. The van der Waals surface area contributed by atoms with E-state index in [-0.39, 0.29) is 22.0 Å². The standard InChI is InChI=1S/C17H21ClN4O3/c1-2-3-4-9-21-14-13(19-16(18)20-14)15(23)22(17(21)24)10-5-7-12-8-6-11-25-12/h6,8,11H,2-5,7,9-10H2,1H3,(H,19,20). The zero-order valence-electron chi connectivity index (χ0n) is 14.1. The van der Waals surface area contributed by atoms with Gasteiger partial charge in [0.15, 0.2) is 11.2 Å². The van der Waals surface area contributed by atoms with E-state index < -0.39 is 0 Å². The van der Waals surface area contributed by atoms with Crippen LogP contribution < -0.4 is 11.2 Å². The first-order valence-electron chi connectivity index (χ1n) is 8.53. The fraction of sp³-hybridized carbons (Fsp3) is 0.471. The fourth-order valence-corrected chi connectivity index (χ4v) is 3.10. The summed E-state index contributed by atoms with van der Waals surface area (Å²) in [5.41, 5.74) is -0.112. The van der Waals surface area contributed by atoms with E-state index in [1.807, 2.05) is 12.1 Å². The molecule has 0 saturated carbocycles. The van der Waals surface area contributed by atoms with Gasteiger partial charge in [0.2, 0.25) is 5.28 Å². The lowest BCUT2D eigenvalue weighted by atomic mass is 10.2. The van der Waals surface area contributed by atoms with Crippen LogP contribution in [-0.2, 0) is 19.5 Å². The van der Waals surface area contributed by atoms with E-state index in [4.69, 9.17) is 16.0 Å². The molecule has 0 bridgehead atoms. The van der Waals surface area contributed by atoms with Crippen molar-refractivity contribution >= 4 is 22.8 Å². The summed E-state index contributed by atoms with van der Waals surface area (Å²) in [6.45, 7) is 2.93. The van der Waals surface area contributed by atoms with Gasteiger partial charge in [-0.1, -0.05) is 19.8 Å². The van der Waals surface area contributed by atoms with Crippen molar-refractivity contribution < 1.29 is 4.42 Å². The van der Waals surface area contributed by atoms with Crippen LogP contribution in [0.15, 0.2) is 32.4 Å². The summed E-state index contributed by atoms with van der Waals surface area (Å²) < 4.78 is 8.09.